The van der Waals surface area contributed by atoms with Crippen LogP contribution in [0.25, 0.3) is 0 Å². The molecule has 0 aromatic heterocycles. The third-order valence-corrected chi connectivity index (χ3v) is 3.89. The normalized spacial score (nSPS) is 11.5. The molecule has 6 heteroatoms. The number of benzene rings is 2. The van der Waals surface area contributed by atoms with Crippen molar-refractivity contribution in [2.24, 2.45) is 0 Å². The van der Waals surface area contributed by atoms with Crippen LogP contribution in [0.3, 0.4) is 0 Å². The highest BCUT2D eigenvalue weighted by atomic mass is 79.9. The Kier molecular flexibility index (Phi) is 7.01. The number of nitrogens with one attached hydrogen (secondary N) is 1. The van der Waals surface area contributed by atoms with E-state index in [1.165, 1.54) is 6.92 Å². The summed E-state index contributed by atoms with van der Waals surface area (Å²) < 4.78 is 11.9. The van der Waals surface area contributed by atoms with Crippen LogP contribution in [-0.4, -0.2) is 24.5 Å². The van der Waals surface area contributed by atoms with E-state index < -0.39 is 12.1 Å². The molecule has 132 valence electrons. The number of carbonyl (C=O) groups is 2. The fourth-order valence-electron chi connectivity index (χ4n) is 2.14. The summed E-state index contributed by atoms with van der Waals surface area (Å²) in [4.78, 5) is 24.1. The SMILES string of the molecule is CCNC(=O)[C@@H](C)OC(=O)c1ccccc1OCc1cccc(Br)c1. The van der Waals surface area contributed by atoms with Gasteiger partial charge in [0.15, 0.2) is 6.10 Å². The van der Waals surface area contributed by atoms with E-state index in [2.05, 4.69) is 21.2 Å². The first-order valence-corrected chi connectivity index (χ1v) is 8.75. The number of halogens is 1. The molecule has 0 fully saturated rings. The summed E-state index contributed by atoms with van der Waals surface area (Å²) in [5.74, 6) is -0.512. The Balaban J connectivity index is 2.06. The van der Waals surface area contributed by atoms with Crippen LogP contribution < -0.4 is 10.1 Å². The molecule has 2 rings (SSSR count). The number of amides is 1. The third kappa shape index (κ3) is 5.60. The minimum atomic E-state index is -0.870. The maximum absolute atomic E-state index is 12.4. The third-order valence-electron chi connectivity index (χ3n) is 3.39. The molecule has 1 N–H and O–H groups in total. The fraction of sp³-hybridized carbons (Fsp3) is 0.263. The van der Waals surface area contributed by atoms with E-state index in [1.807, 2.05) is 24.3 Å². The van der Waals surface area contributed by atoms with Crippen LogP contribution in [0.5, 0.6) is 5.75 Å². The molecule has 0 saturated carbocycles. The average molecular weight is 406 g/mol. The number of rotatable bonds is 7. The molecule has 0 bridgehead atoms. The van der Waals surface area contributed by atoms with Gasteiger partial charge >= 0.3 is 5.97 Å². The lowest BCUT2D eigenvalue weighted by molar-refractivity contribution is -0.128. The van der Waals surface area contributed by atoms with Crippen molar-refractivity contribution in [3.8, 4) is 5.75 Å². The molecule has 0 unspecified atom stereocenters. The lowest BCUT2D eigenvalue weighted by atomic mass is 10.2. The number of esters is 1. The van der Waals surface area contributed by atoms with Crippen molar-refractivity contribution in [1.82, 2.24) is 5.32 Å². The van der Waals surface area contributed by atoms with E-state index >= 15 is 0 Å². The molecule has 0 heterocycles. The molecule has 0 aliphatic carbocycles. The molecule has 0 spiro atoms. The van der Waals surface area contributed by atoms with Gasteiger partial charge in [0.2, 0.25) is 0 Å². The van der Waals surface area contributed by atoms with E-state index in [4.69, 9.17) is 9.47 Å². The van der Waals surface area contributed by atoms with Crippen LogP contribution in [0.15, 0.2) is 53.0 Å². The van der Waals surface area contributed by atoms with Crippen LogP contribution in [0.4, 0.5) is 0 Å². The van der Waals surface area contributed by atoms with Crippen LogP contribution in [0.1, 0.15) is 29.8 Å². The second kappa shape index (κ2) is 9.22. The predicted molar refractivity (Wildman–Crippen MR) is 98.5 cm³/mol. The van der Waals surface area contributed by atoms with E-state index in [0.717, 1.165) is 10.0 Å². The minimum Gasteiger partial charge on any atom is -0.488 e. The maximum Gasteiger partial charge on any atom is 0.342 e. The van der Waals surface area contributed by atoms with Crippen molar-refractivity contribution in [2.45, 2.75) is 26.6 Å². The van der Waals surface area contributed by atoms with Gasteiger partial charge in [0.25, 0.3) is 5.91 Å². The first-order valence-electron chi connectivity index (χ1n) is 7.96. The van der Waals surface area contributed by atoms with Gasteiger partial charge in [0.1, 0.15) is 17.9 Å². The van der Waals surface area contributed by atoms with Gasteiger partial charge in [-0.05, 0) is 43.7 Å². The number of carbonyl (C=O) groups excluding carboxylic acids is 2. The van der Waals surface area contributed by atoms with Crippen molar-refractivity contribution >= 4 is 27.8 Å². The van der Waals surface area contributed by atoms with E-state index in [1.54, 1.807) is 31.2 Å². The average Bonchev–Trinajstić information content (AvgIpc) is 2.60. The Morgan fingerprint density at radius 3 is 2.64 bits per heavy atom. The summed E-state index contributed by atoms with van der Waals surface area (Å²) in [6.45, 7) is 4.13. The molecule has 2 aromatic carbocycles. The van der Waals surface area contributed by atoms with E-state index in [-0.39, 0.29) is 11.5 Å². The molecule has 0 aliphatic heterocycles. The summed E-state index contributed by atoms with van der Waals surface area (Å²) >= 11 is 3.41. The minimum absolute atomic E-state index is 0.286. The summed E-state index contributed by atoms with van der Waals surface area (Å²) in [6, 6.07) is 14.5. The highest BCUT2D eigenvalue weighted by Crippen LogP contribution is 2.21. The standard InChI is InChI=1S/C19H20BrNO4/c1-3-21-18(22)13(2)25-19(23)16-9-4-5-10-17(16)24-12-14-7-6-8-15(20)11-14/h4-11,13H,3,12H2,1-2H3,(H,21,22)/t13-/m1/s1. The van der Waals surface area contributed by atoms with Crippen LogP contribution in [0.2, 0.25) is 0 Å². The summed E-state index contributed by atoms with van der Waals surface area (Å²) in [7, 11) is 0. The highest BCUT2D eigenvalue weighted by Gasteiger charge is 2.20. The molecule has 0 aliphatic rings. The van der Waals surface area contributed by atoms with E-state index in [0.29, 0.717) is 18.9 Å². The Morgan fingerprint density at radius 1 is 1.16 bits per heavy atom. The zero-order chi connectivity index (χ0) is 18.2. The van der Waals surface area contributed by atoms with Gasteiger partial charge < -0.3 is 14.8 Å². The number of likely N-dealkylation sites (N-methyl/N-ethyl adjacent to an activating group) is 1. The molecule has 1 amide bonds. The molecule has 1 atom stereocenters. The highest BCUT2D eigenvalue weighted by molar-refractivity contribution is 9.10. The zero-order valence-corrected chi connectivity index (χ0v) is 15.7. The first-order chi connectivity index (χ1) is 12.0. The van der Waals surface area contributed by atoms with Crippen molar-refractivity contribution in [3.63, 3.8) is 0 Å². The van der Waals surface area contributed by atoms with Gasteiger partial charge in [0.05, 0.1) is 0 Å². The van der Waals surface area contributed by atoms with Gasteiger partial charge in [0, 0.05) is 11.0 Å². The van der Waals surface area contributed by atoms with E-state index in [9.17, 15) is 9.59 Å². The first kappa shape index (κ1) is 19.0. The van der Waals surface area contributed by atoms with Crippen molar-refractivity contribution in [1.29, 1.82) is 0 Å². The zero-order valence-electron chi connectivity index (χ0n) is 14.1. The maximum atomic E-state index is 12.4. The lowest BCUT2D eigenvalue weighted by Gasteiger charge is -2.15. The number of hydrogen-bond acceptors (Lipinski definition) is 4. The molecule has 5 nitrogen and oxygen atoms in total. The number of ether oxygens (including phenoxy) is 2. The Bertz CT molecular complexity index is 748. The van der Waals surface area contributed by atoms with Gasteiger partial charge in [-0.2, -0.15) is 0 Å². The fourth-order valence-corrected chi connectivity index (χ4v) is 2.59. The molecule has 25 heavy (non-hydrogen) atoms. The van der Waals surface area contributed by atoms with Crippen molar-refractivity contribution in [2.75, 3.05) is 6.54 Å². The molecule has 0 radical (unpaired) electrons. The summed E-state index contributed by atoms with van der Waals surface area (Å²) in [5, 5.41) is 2.62. The quantitative estimate of drug-likeness (QED) is 0.713. The van der Waals surface area contributed by atoms with Crippen molar-refractivity contribution < 1.29 is 19.1 Å². The summed E-state index contributed by atoms with van der Waals surface area (Å²) in [6.07, 6.45) is -0.870. The second-order valence-electron chi connectivity index (χ2n) is 5.36. The second-order valence-corrected chi connectivity index (χ2v) is 6.27. The monoisotopic (exact) mass is 405 g/mol. The molecular weight excluding hydrogens is 386 g/mol. The Hall–Kier alpha value is -2.34. The Labute approximate surface area is 155 Å². The lowest BCUT2D eigenvalue weighted by Crippen LogP contribution is -2.35. The van der Waals surface area contributed by atoms with Crippen LogP contribution in [0, 0.1) is 0 Å². The number of hydrogen-bond donors (Lipinski definition) is 1. The smallest absolute Gasteiger partial charge is 0.342 e. The number of para-hydroxylation sites is 1. The van der Waals surface area contributed by atoms with Crippen LogP contribution in [-0.2, 0) is 16.1 Å². The van der Waals surface area contributed by atoms with Gasteiger partial charge in [-0.25, -0.2) is 4.79 Å². The topological polar surface area (TPSA) is 64.6 Å². The van der Waals surface area contributed by atoms with Crippen molar-refractivity contribution in [3.05, 3.63) is 64.1 Å². The van der Waals surface area contributed by atoms with Crippen LogP contribution >= 0.6 is 15.9 Å². The summed E-state index contributed by atoms with van der Waals surface area (Å²) in [5.41, 5.74) is 1.25. The van der Waals surface area contributed by atoms with Gasteiger partial charge in [-0.3, -0.25) is 4.79 Å². The largest absolute Gasteiger partial charge is 0.488 e. The van der Waals surface area contributed by atoms with Gasteiger partial charge in [-0.15, -0.1) is 0 Å². The molecular formula is C19H20BrNO4. The predicted octanol–water partition coefficient (Wildman–Crippen LogP) is 3.71. The molecule has 2 aromatic rings. The molecule has 0 saturated heterocycles. The Morgan fingerprint density at radius 2 is 1.92 bits per heavy atom. The van der Waals surface area contributed by atoms with Gasteiger partial charge in [-0.1, -0.05) is 40.2 Å².